The van der Waals surface area contributed by atoms with Gasteiger partial charge >= 0.3 is 5.69 Å². The Morgan fingerprint density at radius 1 is 1.36 bits per heavy atom. The molecule has 0 fully saturated rings. The molecular weight excluding hydrogens is 186 g/mol. The predicted octanol–water partition coefficient (Wildman–Crippen LogP) is -0.709. The smallest absolute Gasteiger partial charge is 0.331 e. The van der Waals surface area contributed by atoms with E-state index in [-0.39, 0.29) is 11.6 Å². The third kappa shape index (κ3) is 1.28. The van der Waals surface area contributed by atoms with Crippen LogP contribution in [0.25, 0.3) is 0 Å². The maximum atomic E-state index is 11.4. The number of nitrogens with two attached hydrogens (primary N) is 1. The second kappa shape index (κ2) is 3.21. The van der Waals surface area contributed by atoms with Crippen molar-refractivity contribution in [1.82, 2.24) is 9.55 Å². The molecule has 0 atom stereocenters. The molecule has 3 N–H and O–H groups in total. The van der Waals surface area contributed by atoms with Crippen LogP contribution in [0.2, 0.25) is 0 Å². The van der Waals surface area contributed by atoms with Gasteiger partial charge in [0.05, 0.1) is 6.61 Å². The molecule has 76 valence electrons. The Morgan fingerprint density at radius 3 is 2.93 bits per heavy atom. The number of ether oxygens (including phenoxy) is 1. The third-order valence-electron chi connectivity index (χ3n) is 2.20. The number of hydrogen-bond donors (Lipinski definition) is 2. The van der Waals surface area contributed by atoms with Crippen molar-refractivity contribution in [2.45, 2.75) is 19.4 Å². The largest absolute Gasteiger partial charge is 0.477 e. The molecule has 0 saturated carbocycles. The van der Waals surface area contributed by atoms with Crippen LogP contribution in [-0.2, 0) is 6.54 Å². The lowest BCUT2D eigenvalue weighted by molar-refractivity contribution is 0.304. The molecule has 1 aliphatic rings. The molecule has 0 aliphatic carbocycles. The minimum Gasteiger partial charge on any atom is -0.477 e. The first-order chi connectivity index (χ1) is 6.70. The van der Waals surface area contributed by atoms with Crippen molar-refractivity contribution in [3.63, 3.8) is 0 Å². The molecule has 1 aromatic rings. The van der Waals surface area contributed by atoms with E-state index in [0.29, 0.717) is 13.2 Å². The Balaban J connectivity index is 2.69. The van der Waals surface area contributed by atoms with Crippen LogP contribution in [0.5, 0.6) is 5.88 Å². The molecule has 0 aromatic carbocycles. The summed E-state index contributed by atoms with van der Waals surface area (Å²) in [4.78, 5) is 24.7. The van der Waals surface area contributed by atoms with Crippen LogP contribution in [0.1, 0.15) is 12.8 Å². The molecule has 2 rings (SSSR count). The highest BCUT2D eigenvalue weighted by molar-refractivity contribution is 5.45. The topological polar surface area (TPSA) is 90.1 Å². The molecule has 0 radical (unpaired) electrons. The van der Waals surface area contributed by atoms with Gasteiger partial charge in [0.1, 0.15) is 0 Å². The number of aromatic nitrogens is 2. The maximum Gasteiger partial charge on any atom is 0.331 e. The molecule has 0 amide bonds. The fraction of sp³-hybridized carbons (Fsp3) is 0.500. The van der Waals surface area contributed by atoms with Crippen molar-refractivity contribution in [2.24, 2.45) is 0 Å². The summed E-state index contributed by atoms with van der Waals surface area (Å²) in [6.07, 6.45) is 1.70. The summed E-state index contributed by atoms with van der Waals surface area (Å²) in [6, 6.07) is 0. The van der Waals surface area contributed by atoms with Crippen molar-refractivity contribution >= 4 is 5.69 Å². The van der Waals surface area contributed by atoms with E-state index in [4.69, 9.17) is 10.5 Å². The first-order valence-corrected chi connectivity index (χ1v) is 4.45. The van der Waals surface area contributed by atoms with E-state index >= 15 is 0 Å². The number of nitrogen functional groups attached to an aromatic ring is 1. The van der Waals surface area contributed by atoms with Gasteiger partial charge in [-0.15, -0.1) is 0 Å². The molecular formula is C8H11N3O3. The van der Waals surface area contributed by atoms with Gasteiger partial charge in [-0.25, -0.2) is 4.79 Å². The molecule has 0 spiro atoms. The summed E-state index contributed by atoms with van der Waals surface area (Å²) in [6.45, 7) is 1.03. The molecule has 0 bridgehead atoms. The van der Waals surface area contributed by atoms with Crippen LogP contribution in [-0.4, -0.2) is 16.2 Å². The minimum absolute atomic E-state index is 0.0218. The monoisotopic (exact) mass is 197 g/mol. The average Bonchev–Trinajstić information content (AvgIpc) is 2.39. The summed E-state index contributed by atoms with van der Waals surface area (Å²) in [7, 11) is 0. The number of rotatable bonds is 0. The number of aromatic amines is 1. The predicted molar refractivity (Wildman–Crippen MR) is 50.5 cm³/mol. The van der Waals surface area contributed by atoms with E-state index in [1.807, 2.05) is 0 Å². The molecule has 1 aliphatic heterocycles. The Labute approximate surface area is 79.3 Å². The zero-order chi connectivity index (χ0) is 10.1. The first kappa shape index (κ1) is 8.86. The van der Waals surface area contributed by atoms with Gasteiger partial charge in [-0.1, -0.05) is 0 Å². The molecule has 14 heavy (non-hydrogen) atoms. The van der Waals surface area contributed by atoms with Gasteiger partial charge < -0.3 is 10.5 Å². The van der Waals surface area contributed by atoms with E-state index in [1.54, 1.807) is 0 Å². The van der Waals surface area contributed by atoms with E-state index in [2.05, 4.69) is 4.98 Å². The van der Waals surface area contributed by atoms with Gasteiger partial charge in [0.15, 0.2) is 5.69 Å². The lowest BCUT2D eigenvalue weighted by atomic mass is 10.3. The Morgan fingerprint density at radius 2 is 2.14 bits per heavy atom. The van der Waals surface area contributed by atoms with Gasteiger partial charge in [0.25, 0.3) is 5.56 Å². The van der Waals surface area contributed by atoms with Crippen LogP contribution >= 0.6 is 0 Å². The number of H-pyrrole nitrogens is 1. The number of nitrogens with zero attached hydrogens (tertiary/aromatic N) is 1. The summed E-state index contributed by atoms with van der Waals surface area (Å²) in [5.74, 6) is 0.205. The SMILES string of the molecule is Nc1c2n(c(=O)[nH]c1=O)CCCCO2. The van der Waals surface area contributed by atoms with Crippen molar-refractivity contribution < 1.29 is 4.74 Å². The highest BCUT2D eigenvalue weighted by atomic mass is 16.5. The van der Waals surface area contributed by atoms with Gasteiger partial charge in [-0.2, -0.15) is 0 Å². The van der Waals surface area contributed by atoms with Gasteiger partial charge in [0, 0.05) is 6.54 Å². The van der Waals surface area contributed by atoms with Crippen LogP contribution in [0.4, 0.5) is 5.69 Å². The molecule has 2 heterocycles. The third-order valence-corrected chi connectivity index (χ3v) is 2.20. The quantitative estimate of drug-likeness (QED) is 0.575. The Bertz CT molecular complexity index is 460. The fourth-order valence-electron chi connectivity index (χ4n) is 1.47. The van der Waals surface area contributed by atoms with Crippen molar-refractivity contribution in [2.75, 3.05) is 12.3 Å². The van der Waals surface area contributed by atoms with Crippen molar-refractivity contribution in [3.8, 4) is 5.88 Å². The first-order valence-electron chi connectivity index (χ1n) is 4.45. The average molecular weight is 197 g/mol. The second-order valence-electron chi connectivity index (χ2n) is 3.19. The standard InChI is InChI=1S/C8H11N3O3/c9-5-6(12)10-8(13)11-3-1-2-4-14-7(5)11/h1-4,9H2,(H,10,12,13). The molecule has 0 saturated heterocycles. The van der Waals surface area contributed by atoms with Crippen LogP contribution < -0.4 is 21.7 Å². The zero-order valence-electron chi connectivity index (χ0n) is 7.58. The highest BCUT2D eigenvalue weighted by Crippen LogP contribution is 2.18. The van der Waals surface area contributed by atoms with Crippen LogP contribution in [0.15, 0.2) is 9.59 Å². The Hall–Kier alpha value is -1.72. The number of hydrogen-bond acceptors (Lipinski definition) is 4. The molecule has 0 unspecified atom stereocenters. The summed E-state index contributed by atoms with van der Waals surface area (Å²) < 4.78 is 6.62. The maximum absolute atomic E-state index is 11.4. The van der Waals surface area contributed by atoms with E-state index in [0.717, 1.165) is 12.8 Å². The van der Waals surface area contributed by atoms with Gasteiger partial charge in [-0.05, 0) is 12.8 Å². The molecule has 6 heteroatoms. The normalized spacial score (nSPS) is 15.4. The summed E-state index contributed by atoms with van der Waals surface area (Å²) in [5.41, 5.74) is 4.45. The molecule has 1 aromatic heterocycles. The van der Waals surface area contributed by atoms with Crippen LogP contribution in [0, 0.1) is 0 Å². The van der Waals surface area contributed by atoms with Crippen LogP contribution in [0.3, 0.4) is 0 Å². The number of fused-ring (bicyclic) bond motifs is 1. The lowest BCUT2D eigenvalue weighted by Crippen LogP contribution is -2.32. The van der Waals surface area contributed by atoms with E-state index in [9.17, 15) is 9.59 Å². The van der Waals surface area contributed by atoms with E-state index in [1.165, 1.54) is 4.57 Å². The number of anilines is 1. The second-order valence-corrected chi connectivity index (χ2v) is 3.19. The zero-order valence-corrected chi connectivity index (χ0v) is 7.58. The summed E-state index contributed by atoms with van der Waals surface area (Å²) in [5, 5.41) is 0. The fourth-order valence-corrected chi connectivity index (χ4v) is 1.47. The Kier molecular flexibility index (Phi) is 2.03. The van der Waals surface area contributed by atoms with Crippen molar-refractivity contribution in [3.05, 3.63) is 20.8 Å². The minimum atomic E-state index is -0.580. The molecule has 6 nitrogen and oxygen atoms in total. The summed E-state index contributed by atoms with van der Waals surface area (Å²) >= 11 is 0. The number of nitrogens with one attached hydrogen (secondary N) is 1. The highest BCUT2D eigenvalue weighted by Gasteiger charge is 2.15. The van der Waals surface area contributed by atoms with E-state index < -0.39 is 11.2 Å². The lowest BCUT2D eigenvalue weighted by Gasteiger charge is -2.09. The van der Waals surface area contributed by atoms with Crippen molar-refractivity contribution in [1.29, 1.82) is 0 Å². The van der Waals surface area contributed by atoms with Gasteiger partial charge in [0.2, 0.25) is 5.88 Å². The van der Waals surface area contributed by atoms with Gasteiger partial charge in [-0.3, -0.25) is 14.3 Å².